The first kappa shape index (κ1) is 20.9. The number of nitrogens with zero attached hydrogens (tertiary/aromatic N) is 3. The topological polar surface area (TPSA) is 138 Å². The number of aromatic amines is 1. The summed E-state index contributed by atoms with van der Waals surface area (Å²) in [7, 11) is 3.80. The van der Waals surface area contributed by atoms with Gasteiger partial charge < -0.3 is 27.0 Å². The Balaban J connectivity index is 1.70. The second kappa shape index (κ2) is 8.03. The van der Waals surface area contributed by atoms with Crippen molar-refractivity contribution in [2.24, 2.45) is 17.4 Å². The smallest absolute Gasteiger partial charge is 0.252 e. The predicted octanol–water partition coefficient (Wildman–Crippen LogP) is 2.54. The molecule has 0 unspecified atom stereocenters. The minimum atomic E-state index is -0.773. The number of nitrogens with two attached hydrogens (primary N) is 2. The molecule has 0 aliphatic heterocycles. The Morgan fingerprint density at radius 1 is 1.29 bits per heavy atom. The molecule has 1 aromatic carbocycles. The van der Waals surface area contributed by atoms with Gasteiger partial charge in [0.2, 0.25) is 0 Å². The van der Waals surface area contributed by atoms with Crippen LogP contribution < -0.4 is 27.0 Å². The molecule has 1 aliphatic carbocycles. The molecule has 164 valence electrons. The Bertz CT molecular complexity index is 1120. The van der Waals surface area contributed by atoms with Crippen LogP contribution in [0.5, 0.6) is 0 Å². The number of fused-ring (bicyclic) bond motifs is 1. The summed E-state index contributed by atoms with van der Waals surface area (Å²) in [5, 5.41) is 14.4. The van der Waals surface area contributed by atoms with Crippen LogP contribution in [0.25, 0.3) is 10.9 Å². The first-order chi connectivity index (χ1) is 14.7. The number of carbonyl (C=O) groups excluding carboxylic acids is 1. The Labute approximate surface area is 179 Å². The van der Waals surface area contributed by atoms with E-state index in [1.54, 1.807) is 0 Å². The highest BCUT2D eigenvalue weighted by atomic mass is 19.1. The maximum atomic E-state index is 14.7. The molecule has 9 nitrogen and oxygen atoms in total. The summed E-state index contributed by atoms with van der Waals surface area (Å²) in [6, 6.07) is 6.40. The molecule has 0 spiro atoms. The predicted molar refractivity (Wildman–Crippen MR) is 120 cm³/mol. The number of aromatic nitrogens is 3. The average Bonchev–Trinajstić information content (AvgIpc) is 3.45. The molecule has 7 N–H and O–H groups in total. The number of hydrogen-bond acceptors (Lipinski definition) is 7. The molecule has 1 fully saturated rings. The third kappa shape index (κ3) is 4.24. The molecule has 10 heteroatoms. The first-order valence-corrected chi connectivity index (χ1v) is 10.2. The summed E-state index contributed by atoms with van der Waals surface area (Å²) in [6.45, 7) is 1.88. The van der Waals surface area contributed by atoms with Crippen LogP contribution in [0.4, 0.5) is 27.5 Å². The summed E-state index contributed by atoms with van der Waals surface area (Å²) >= 11 is 0. The zero-order valence-corrected chi connectivity index (χ0v) is 17.7. The monoisotopic (exact) mass is 426 g/mol. The van der Waals surface area contributed by atoms with Gasteiger partial charge in [0.05, 0.1) is 11.1 Å². The first-order valence-electron chi connectivity index (χ1n) is 10.2. The van der Waals surface area contributed by atoms with Crippen LogP contribution >= 0.6 is 0 Å². The molecular weight excluding hydrogens is 399 g/mol. The molecule has 0 radical (unpaired) electrons. The second-order valence-corrected chi connectivity index (χ2v) is 8.27. The highest BCUT2D eigenvalue weighted by Crippen LogP contribution is 2.36. The lowest BCUT2D eigenvalue weighted by Crippen LogP contribution is -2.40. The number of amides is 1. The van der Waals surface area contributed by atoms with Crippen molar-refractivity contribution in [2.45, 2.75) is 31.8 Å². The van der Waals surface area contributed by atoms with Gasteiger partial charge in [0, 0.05) is 37.3 Å². The van der Waals surface area contributed by atoms with E-state index in [1.807, 2.05) is 44.1 Å². The van der Waals surface area contributed by atoms with E-state index in [0.29, 0.717) is 11.6 Å². The molecular formula is C21H27FN8O. The van der Waals surface area contributed by atoms with Crippen molar-refractivity contribution in [1.29, 1.82) is 0 Å². The second-order valence-electron chi connectivity index (χ2n) is 8.27. The van der Waals surface area contributed by atoms with E-state index >= 15 is 0 Å². The number of halogens is 1. The van der Waals surface area contributed by atoms with E-state index in [4.69, 9.17) is 11.5 Å². The summed E-state index contributed by atoms with van der Waals surface area (Å²) in [4.78, 5) is 18.2. The SMILES string of the molecule is C[C@H](N)[C@H](Nc1nc(Nc2ccc3[nH]nc(N(C)C)c3c2)c(C(N)=O)cc1F)C1CC1. The Hall–Kier alpha value is -3.40. The van der Waals surface area contributed by atoms with Gasteiger partial charge in [0.15, 0.2) is 17.5 Å². The fourth-order valence-corrected chi connectivity index (χ4v) is 3.72. The number of H-pyrrole nitrogens is 1. The van der Waals surface area contributed by atoms with Crippen molar-refractivity contribution < 1.29 is 9.18 Å². The van der Waals surface area contributed by atoms with Gasteiger partial charge in [0.25, 0.3) is 5.91 Å². The minimum absolute atomic E-state index is 0.0352. The number of anilines is 4. The Morgan fingerprint density at radius 2 is 2.03 bits per heavy atom. The maximum Gasteiger partial charge on any atom is 0.252 e. The fraction of sp³-hybridized carbons (Fsp3) is 0.381. The van der Waals surface area contributed by atoms with Crippen molar-refractivity contribution in [3.8, 4) is 0 Å². The van der Waals surface area contributed by atoms with Gasteiger partial charge in [-0.2, -0.15) is 5.10 Å². The maximum absolute atomic E-state index is 14.7. The molecule has 2 heterocycles. The van der Waals surface area contributed by atoms with Crippen molar-refractivity contribution >= 4 is 40.0 Å². The third-order valence-electron chi connectivity index (χ3n) is 5.47. The lowest BCUT2D eigenvalue weighted by atomic mass is 10.1. The molecule has 0 bridgehead atoms. The number of primary amides is 1. The lowest BCUT2D eigenvalue weighted by Gasteiger charge is -2.23. The Morgan fingerprint density at radius 3 is 2.65 bits per heavy atom. The van der Waals surface area contributed by atoms with E-state index in [2.05, 4.69) is 25.8 Å². The molecule has 1 aliphatic rings. The highest BCUT2D eigenvalue weighted by Gasteiger charge is 2.34. The van der Waals surface area contributed by atoms with Crippen LogP contribution in [0.2, 0.25) is 0 Å². The number of hydrogen-bond donors (Lipinski definition) is 5. The summed E-state index contributed by atoms with van der Waals surface area (Å²) < 4.78 is 14.7. The lowest BCUT2D eigenvalue weighted by molar-refractivity contribution is 0.100. The largest absolute Gasteiger partial charge is 0.365 e. The van der Waals surface area contributed by atoms with E-state index in [0.717, 1.165) is 35.6 Å². The molecule has 0 saturated heterocycles. The standard InChI is InChI=1S/C21H27FN8O/c1-10(23)17(11-4-5-11)26-20-15(22)9-14(18(24)31)19(27-20)25-12-6-7-16-13(8-12)21(29-28-16)30(2)3/h6-11,17H,4-5,23H2,1-3H3,(H2,24,31)(H,28,29)(H2,25,26,27)/t10-,17-/m0/s1. The molecule has 2 atom stereocenters. The van der Waals surface area contributed by atoms with Crippen molar-refractivity contribution in [2.75, 3.05) is 29.6 Å². The number of nitrogens with one attached hydrogen (secondary N) is 3. The quantitative estimate of drug-likeness (QED) is 0.373. The van der Waals surface area contributed by atoms with Gasteiger partial charge >= 0.3 is 0 Å². The van der Waals surface area contributed by atoms with E-state index in [-0.39, 0.29) is 29.3 Å². The van der Waals surface area contributed by atoms with E-state index < -0.39 is 11.7 Å². The highest BCUT2D eigenvalue weighted by molar-refractivity contribution is 5.99. The summed E-state index contributed by atoms with van der Waals surface area (Å²) in [5.41, 5.74) is 13.1. The van der Waals surface area contributed by atoms with E-state index in [9.17, 15) is 9.18 Å². The van der Waals surface area contributed by atoms with Crippen LogP contribution in [-0.2, 0) is 0 Å². The minimum Gasteiger partial charge on any atom is -0.365 e. The molecule has 1 amide bonds. The van der Waals surface area contributed by atoms with Gasteiger partial charge in [0.1, 0.15) is 5.82 Å². The van der Waals surface area contributed by atoms with Crippen LogP contribution in [0.3, 0.4) is 0 Å². The fourth-order valence-electron chi connectivity index (χ4n) is 3.72. The number of carbonyl (C=O) groups is 1. The van der Waals surface area contributed by atoms with Crippen molar-refractivity contribution in [3.63, 3.8) is 0 Å². The molecule has 4 rings (SSSR count). The number of pyridine rings is 1. The average molecular weight is 427 g/mol. The van der Waals surface area contributed by atoms with Crippen LogP contribution in [-0.4, -0.2) is 47.3 Å². The van der Waals surface area contributed by atoms with Gasteiger partial charge in [-0.3, -0.25) is 9.89 Å². The van der Waals surface area contributed by atoms with Gasteiger partial charge in [-0.05, 0) is 49.9 Å². The summed E-state index contributed by atoms with van der Waals surface area (Å²) in [5.74, 6) is -0.0469. The van der Waals surface area contributed by atoms with Crippen molar-refractivity contribution in [1.82, 2.24) is 15.2 Å². The van der Waals surface area contributed by atoms with Gasteiger partial charge in [-0.1, -0.05) is 0 Å². The zero-order valence-electron chi connectivity index (χ0n) is 17.7. The molecule has 31 heavy (non-hydrogen) atoms. The van der Waals surface area contributed by atoms with Gasteiger partial charge in [-0.15, -0.1) is 0 Å². The van der Waals surface area contributed by atoms with E-state index in [1.165, 1.54) is 0 Å². The molecule has 3 aromatic rings. The molecule has 1 saturated carbocycles. The van der Waals surface area contributed by atoms with Crippen molar-refractivity contribution in [3.05, 3.63) is 35.6 Å². The number of benzene rings is 1. The van der Waals surface area contributed by atoms with Crippen LogP contribution in [0.15, 0.2) is 24.3 Å². The zero-order chi connectivity index (χ0) is 22.3. The summed E-state index contributed by atoms with van der Waals surface area (Å²) in [6.07, 6.45) is 2.09. The van der Waals surface area contributed by atoms with Crippen LogP contribution in [0, 0.1) is 11.7 Å². The normalized spacial score (nSPS) is 15.5. The third-order valence-corrected chi connectivity index (χ3v) is 5.47. The number of rotatable bonds is 8. The van der Waals surface area contributed by atoms with Crippen LogP contribution in [0.1, 0.15) is 30.1 Å². The molecule has 2 aromatic heterocycles. The van der Waals surface area contributed by atoms with Gasteiger partial charge in [-0.25, -0.2) is 9.37 Å². The Kier molecular flexibility index (Phi) is 5.40.